The summed E-state index contributed by atoms with van der Waals surface area (Å²) in [5, 5.41) is 1.35. The molecule has 0 saturated heterocycles. The lowest BCUT2D eigenvalue weighted by Gasteiger charge is -2.22. The third-order valence-electron chi connectivity index (χ3n) is 3.92. The molecule has 0 aliphatic heterocycles. The first kappa shape index (κ1) is 13.2. The molecule has 1 aromatic carbocycles. The summed E-state index contributed by atoms with van der Waals surface area (Å²) in [6.07, 6.45) is 2.22. The van der Waals surface area contributed by atoms with Crippen molar-refractivity contribution in [2.24, 2.45) is 12.8 Å². The fraction of sp³-hybridized carbons (Fsp3) is 0.500. The van der Waals surface area contributed by atoms with E-state index in [0.717, 1.165) is 0 Å². The van der Waals surface area contributed by atoms with E-state index < -0.39 is 0 Å². The average Bonchev–Trinajstić information content (AvgIpc) is 2.67. The molecule has 0 saturated carbocycles. The van der Waals surface area contributed by atoms with Crippen LogP contribution in [0, 0.1) is 0 Å². The molecule has 18 heavy (non-hydrogen) atoms. The quantitative estimate of drug-likeness (QED) is 0.879. The number of hydrogen-bond donors (Lipinski definition) is 1. The Morgan fingerprint density at radius 2 is 1.94 bits per heavy atom. The second kappa shape index (κ2) is 4.43. The molecule has 98 valence electrons. The van der Waals surface area contributed by atoms with Crippen LogP contribution in [0.3, 0.4) is 0 Å². The summed E-state index contributed by atoms with van der Waals surface area (Å²) < 4.78 is 2.20. The molecule has 0 aliphatic carbocycles. The Balaban J connectivity index is 2.71. The highest BCUT2D eigenvalue weighted by Gasteiger charge is 2.23. The van der Waals surface area contributed by atoms with Crippen molar-refractivity contribution >= 4 is 10.9 Å². The molecule has 0 bridgehead atoms. The van der Waals surface area contributed by atoms with Crippen molar-refractivity contribution < 1.29 is 0 Å². The fourth-order valence-electron chi connectivity index (χ4n) is 2.42. The van der Waals surface area contributed by atoms with Crippen LogP contribution in [0.15, 0.2) is 24.4 Å². The van der Waals surface area contributed by atoms with Gasteiger partial charge in [0.25, 0.3) is 0 Å². The van der Waals surface area contributed by atoms with E-state index in [2.05, 4.69) is 63.7 Å². The predicted molar refractivity (Wildman–Crippen MR) is 79.1 cm³/mol. The van der Waals surface area contributed by atoms with Gasteiger partial charge in [-0.25, -0.2) is 0 Å². The lowest BCUT2D eigenvalue weighted by molar-refractivity contribution is 0.542. The number of hydrogen-bond acceptors (Lipinski definition) is 1. The molecule has 1 heterocycles. The van der Waals surface area contributed by atoms with Gasteiger partial charge >= 0.3 is 0 Å². The van der Waals surface area contributed by atoms with Crippen LogP contribution >= 0.6 is 0 Å². The van der Waals surface area contributed by atoms with Gasteiger partial charge in [0.05, 0.1) is 0 Å². The standard InChI is InChI=1S/C16H24N2/c1-11(2)12-6-7-15-13(8-12)14(9-18(15)5)16(3,4)10-17/h6-9,11H,10,17H2,1-5H3. The van der Waals surface area contributed by atoms with Crippen molar-refractivity contribution in [2.75, 3.05) is 6.54 Å². The zero-order valence-corrected chi connectivity index (χ0v) is 12.1. The minimum absolute atomic E-state index is 0.0229. The summed E-state index contributed by atoms with van der Waals surface area (Å²) in [5.41, 5.74) is 9.98. The van der Waals surface area contributed by atoms with Crippen LogP contribution in [-0.4, -0.2) is 11.1 Å². The molecule has 2 aromatic rings. The van der Waals surface area contributed by atoms with Gasteiger partial charge in [0, 0.05) is 36.1 Å². The lowest BCUT2D eigenvalue weighted by Crippen LogP contribution is -2.27. The topological polar surface area (TPSA) is 30.9 Å². The number of fused-ring (bicyclic) bond motifs is 1. The summed E-state index contributed by atoms with van der Waals surface area (Å²) in [6, 6.07) is 6.78. The Bertz CT molecular complexity index is 562. The summed E-state index contributed by atoms with van der Waals surface area (Å²) in [6.45, 7) is 9.56. The van der Waals surface area contributed by atoms with E-state index >= 15 is 0 Å². The minimum atomic E-state index is 0.0229. The Morgan fingerprint density at radius 3 is 2.50 bits per heavy atom. The fourth-order valence-corrected chi connectivity index (χ4v) is 2.42. The summed E-state index contributed by atoms with van der Waals surface area (Å²) in [4.78, 5) is 0. The second-order valence-electron chi connectivity index (χ2n) is 6.17. The van der Waals surface area contributed by atoms with Crippen LogP contribution in [-0.2, 0) is 12.5 Å². The summed E-state index contributed by atoms with van der Waals surface area (Å²) in [5.74, 6) is 0.559. The van der Waals surface area contributed by atoms with Crippen molar-refractivity contribution in [3.8, 4) is 0 Å². The first-order valence-corrected chi connectivity index (χ1v) is 6.66. The maximum absolute atomic E-state index is 5.93. The van der Waals surface area contributed by atoms with E-state index in [-0.39, 0.29) is 5.41 Å². The molecular weight excluding hydrogens is 220 g/mol. The summed E-state index contributed by atoms with van der Waals surface area (Å²) >= 11 is 0. The van der Waals surface area contributed by atoms with E-state index in [9.17, 15) is 0 Å². The zero-order valence-electron chi connectivity index (χ0n) is 12.1. The number of aromatic nitrogens is 1. The van der Waals surface area contributed by atoms with Crippen LogP contribution in [0.5, 0.6) is 0 Å². The first-order valence-electron chi connectivity index (χ1n) is 6.66. The molecule has 0 fully saturated rings. The highest BCUT2D eigenvalue weighted by atomic mass is 14.9. The second-order valence-corrected chi connectivity index (χ2v) is 6.17. The average molecular weight is 244 g/mol. The number of benzene rings is 1. The normalized spacial score (nSPS) is 12.6. The van der Waals surface area contributed by atoms with Gasteiger partial charge in [0.2, 0.25) is 0 Å². The van der Waals surface area contributed by atoms with Gasteiger partial charge < -0.3 is 10.3 Å². The maximum atomic E-state index is 5.93. The molecular formula is C16H24N2. The van der Waals surface area contributed by atoms with Crippen LogP contribution in [0.2, 0.25) is 0 Å². The van der Waals surface area contributed by atoms with Gasteiger partial charge in [-0.1, -0.05) is 33.8 Å². The van der Waals surface area contributed by atoms with Crippen molar-refractivity contribution in [3.63, 3.8) is 0 Å². The highest BCUT2D eigenvalue weighted by molar-refractivity contribution is 5.85. The molecule has 2 rings (SSSR count). The molecule has 0 amide bonds. The van der Waals surface area contributed by atoms with Crippen LogP contribution in [0.4, 0.5) is 0 Å². The largest absolute Gasteiger partial charge is 0.350 e. The number of aryl methyl sites for hydroxylation is 1. The Hall–Kier alpha value is -1.28. The molecule has 0 aliphatic rings. The van der Waals surface area contributed by atoms with E-state index in [1.165, 1.54) is 22.0 Å². The van der Waals surface area contributed by atoms with Crippen LogP contribution in [0.1, 0.15) is 44.7 Å². The third-order valence-corrected chi connectivity index (χ3v) is 3.92. The SMILES string of the molecule is CC(C)c1ccc2c(c1)c(C(C)(C)CN)cn2C. The van der Waals surface area contributed by atoms with E-state index in [1.54, 1.807) is 0 Å². The maximum Gasteiger partial charge on any atom is 0.0480 e. The van der Waals surface area contributed by atoms with Crippen LogP contribution in [0.25, 0.3) is 10.9 Å². The monoisotopic (exact) mass is 244 g/mol. The van der Waals surface area contributed by atoms with Gasteiger partial charge in [-0.2, -0.15) is 0 Å². The first-order chi connectivity index (χ1) is 8.36. The summed E-state index contributed by atoms with van der Waals surface area (Å²) in [7, 11) is 2.10. The van der Waals surface area contributed by atoms with Crippen molar-refractivity contribution in [2.45, 2.75) is 39.0 Å². The van der Waals surface area contributed by atoms with Gasteiger partial charge in [-0.3, -0.25) is 0 Å². The van der Waals surface area contributed by atoms with Gasteiger partial charge in [-0.05, 0) is 29.2 Å². The van der Waals surface area contributed by atoms with Crippen molar-refractivity contribution in [3.05, 3.63) is 35.5 Å². The number of nitrogens with two attached hydrogens (primary N) is 1. The minimum Gasteiger partial charge on any atom is -0.350 e. The molecule has 2 N–H and O–H groups in total. The molecule has 2 nitrogen and oxygen atoms in total. The van der Waals surface area contributed by atoms with Gasteiger partial charge in [0.15, 0.2) is 0 Å². The molecule has 1 aromatic heterocycles. The Labute approximate surface area is 110 Å². The zero-order chi connectivity index (χ0) is 13.5. The van der Waals surface area contributed by atoms with E-state index in [4.69, 9.17) is 5.73 Å². The van der Waals surface area contributed by atoms with Gasteiger partial charge in [-0.15, -0.1) is 0 Å². The number of nitrogens with zero attached hydrogens (tertiary/aromatic N) is 1. The van der Waals surface area contributed by atoms with E-state index in [0.29, 0.717) is 12.5 Å². The molecule has 0 unspecified atom stereocenters. The van der Waals surface area contributed by atoms with Crippen LogP contribution < -0.4 is 5.73 Å². The predicted octanol–water partition coefficient (Wildman–Crippen LogP) is 3.54. The Kier molecular flexibility index (Phi) is 3.24. The number of rotatable bonds is 3. The van der Waals surface area contributed by atoms with Crippen molar-refractivity contribution in [1.82, 2.24) is 4.57 Å². The smallest absolute Gasteiger partial charge is 0.0480 e. The molecule has 0 atom stereocenters. The lowest BCUT2D eigenvalue weighted by atomic mass is 9.84. The molecule has 0 radical (unpaired) electrons. The van der Waals surface area contributed by atoms with Crippen molar-refractivity contribution in [1.29, 1.82) is 0 Å². The molecule has 0 spiro atoms. The Morgan fingerprint density at radius 1 is 1.28 bits per heavy atom. The highest BCUT2D eigenvalue weighted by Crippen LogP contribution is 2.32. The van der Waals surface area contributed by atoms with E-state index in [1.807, 2.05) is 0 Å². The molecule has 2 heteroatoms. The third kappa shape index (κ3) is 2.05. The van der Waals surface area contributed by atoms with Gasteiger partial charge in [0.1, 0.15) is 0 Å².